The van der Waals surface area contributed by atoms with Gasteiger partial charge in [0.2, 0.25) is 0 Å². The molecule has 0 heterocycles. The van der Waals surface area contributed by atoms with Crippen LogP contribution in [0.15, 0.2) is 42.5 Å². The first-order valence-electron chi connectivity index (χ1n) is 6.58. The van der Waals surface area contributed by atoms with Crippen LogP contribution in [0.2, 0.25) is 0 Å². The summed E-state index contributed by atoms with van der Waals surface area (Å²) in [5, 5.41) is 0. The first-order chi connectivity index (χ1) is 9.74. The van der Waals surface area contributed by atoms with Crippen LogP contribution in [0, 0.1) is 0 Å². The molecule has 0 spiro atoms. The lowest BCUT2D eigenvalue weighted by atomic mass is 9.93. The summed E-state index contributed by atoms with van der Waals surface area (Å²) in [6, 6.07) is 13.8. The summed E-state index contributed by atoms with van der Waals surface area (Å²) in [5.74, 6) is 1.54. The Morgan fingerprint density at radius 1 is 1.00 bits per heavy atom. The van der Waals surface area contributed by atoms with Crippen molar-refractivity contribution in [2.45, 2.75) is 12.3 Å². The second-order valence-corrected chi connectivity index (χ2v) is 4.89. The summed E-state index contributed by atoms with van der Waals surface area (Å²) in [5.41, 5.74) is 2.93. The molecule has 0 N–H and O–H groups in total. The van der Waals surface area contributed by atoms with Gasteiger partial charge in [-0.05, 0) is 23.3 Å². The SMILES string of the molecule is COc1cc2c(cc1OC)[C@H](c1ccccc1)CC2=O. The molecule has 2 aromatic rings. The van der Waals surface area contributed by atoms with Gasteiger partial charge in [0.15, 0.2) is 17.3 Å². The van der Waals surface area contributed by atoms with Crippen molar-refractivity contribution in [2.24, 2.45) is 0 Å². The Kier molecular flexibility index (Phi) is 3.18. The number of carbonyl (C=O) groups excluding carboxylic acids is 1. The second kappa shape index (κ2) is 5.00. The second-order valence-electron chi connectivity index (χ2n) is 4.89. The maximum Gasteiger partial charge on any atom is 0.164 e. The number of ketones is 1. The first kappa shape index (κ1) is 12.7. The third kappa shape index (κ3) is 1.95. The van der Waals surface area contributed by atoms with E-state index in [4.69, 9.17) is 9.47 Å². The van der Waals surface area contributed by atoms with Gasteiger partial charge in [-0.2, -0.15) is 0 Å². The lowest BCUT2D eigenvalue weighted by molar-refractivity contribution is 0.0991. The van der Waals surface area contributed by atoms with Gasteiger partial charge in [0.05, 0.1) is 14.2 Å². The van der Waals surface area contributed by atoms with Gasteiger partial charge in [-0.1, -0.05) is 30.3 Å². The molecule has 1 aliphatic carbocycles. The molecule has 0 unspecified atom stereocenters. The minimum atomic E-state index is 0.110. The Hall–Kier alpha value is -2.29. The van der Waals surface area contributed by atoms with Crippen LogP contribution in [0.3, 0.4) is 0 Å². The van der Waals surface area contributed by atoms with Gasteiger partial charge in [-0.15, -0.1) is 0 Å². The zero-order valence-corrected chi connectivity index (χ0v) is 11.6. The highest BCUT2D eigenvalue weighted by atomic mass is 16.5. The van der Waals surface area contributed by atoms with Gasteiger partial charge in [0, 0.05) is 17.9 Å². The van der Waals surface area contributed by atoms with Crippen molar-refractivity contribution in [1.82, 2.24) is 0 Å². The van der Waals surface area contributed by atoms with Crippen molar-refractivity contribution in [3.8, 4) is 11.5 Å². The molecular weight excluding hydrogens is 252 g/mol. The number of benzene rings is 2. The summed E-state index contributed by atoms with van der Waals surface area (Å²) >= 11 is 0. The molecule has 3 nitrogen and oxygen atoms in total. The highest BCUT2D eigenvalue weighted by molar-refractivity contribution is 6.02. The molecule has 0 amide bonds. The first-order valence-corrected chi connectivity index (χ1v) is 6.58. The van der Waals surface area contributed by atoms with Crippen LogP contribution in [0.1, 0.15) is 33.8 Å². The largest absolute Gasteiger partial charge is 0.493 e. The minimum Gasteiger partial charge on any atom is -0.493 e. The van der Waals surface area contributed by atoms with Crippen molar-refractivity contribution in [3.63, 3.8) is 0 Å². The summed E-state index contributed by atoms with van der Waals surface area (Å²) < 4.78 is 10.6. The highest BCUT2D eigenvalue weighted by Crippen LogP contribution is 2.43. The van der Waals surface area contributed by atoms with E-state index in [1.807, 2.05) is 24.3 Å². The van der Waals surface area contributed by atoms with Crippen molar-refractivity contribution in [2.75, 3.05) is 14.2 Å². The molecule has 0 fully saturated rings. The van der Waals surface area contributed by atoms with Crippen molar-refractivity contribution < 1.29 is 14.3 Å². The fourth-order valence-corrected chi connectivity index (χ4v) is 2.81. The average molecular weight is 268 g/mol. The number of fused-ring (bicyclic) bond motifs is 1. The van der Waals surface area contributed by atoms with E-state index in [9.17, 15) is 4.79 Å². The Morgan fingerprint density at radius 3 is 2.30 bits per heavy atom. The molecule has 1 aliphatic rings. The van der Waals surface area contributed by atoms with Crippen LogP contribution in [0.25, 0.3) is 0 Å². The van der Waals surface area contributed by atoms with Crippen LogP contribution < -0.4 is 9.47 Å². The summed E-state index contributed by atoms with van der Waals surface area (Å²) in [4.78, 5) is 12.2. The predicted octanol–water partition coefficient (Wildman–Crippen LogP) is 3.42. The molecule has 0 radical (unpaired) electrons. The van der Waals surface area contributed by atoms with Crippen LogP contribution >= 0.6 is 0 Å². The topological polar surface area (TPSA) is 35.5 Å². The Labute approximate surface area is 118 Å². The minimum absolute atomic E-state index is 0.110. The number of carbonyl (C=O) groups is 1. The van der Waals surface area contributed by atoms with E-state index in [-0.39, 0.29) is 11.7 Å². The molecule has 0 aromatic heterocycles. The summed E-state index contributed by atoms with van der Waals surface area (Å²) in [7, 11) is 3.19. The number of rotatable bonds is 3. The lowest BCUT2D eigenvalue weighted by Gasteiger charge is -2.14. The molecule has 1 atom stereocenters. The summed E-state index contributed by atoms with van der Waals surface area (Å²) in [6.45, 7) is 0. The van der Waals surface area contributed by atoms with Crippen LogP contribution in [-0.4, -0.2) is 20.0 Å². The van der Waals surface area contributed by atoms with E-state index in [0.29, 0.717) is 17.9 Å². The monoisotopic (exact) mass is 268 g/mol. The number of hydrogen-bond acceptors (Lipinski definition) is 3. The third-order valence-corrected chi connectivity index (χ3v) is 3.82. The highest BCUT2D eigenvalue weighted by Gasteiger charge is 2.32. The Morgan fingerprint density at radius 2 is 1.65 bits per heavy atom. The lowest BCUT2D eigenvalue weighted by Crippen LogP contribution is -1.98. The van der Waals surface area contributed by atoms with Gasteiger partial charge >= 0.3 is 0 Å². The molecule has 0 aliphatic heterocycles. The van der Waals surface area contributed by atoms with Crippen LogP contribution in [0.5, 0.6) is 11.5 Å². The Balaban J connectivity index is 2.12. The molecule has 0 saturated heterocycles. The fraction of sp³-hybridized carbons (Fsp3) is 0.235. The van der Waals surface area contributed by atoms with E-state index < -0.39 is 0 Å². The predicted molar refractivity (Wildman–Crippen MR) is 76.8 cm³/mol. The van der Waals surface area contributed by atoms with Gasteiger partial charge in [0.1, 0.15) is 0 Å². The standard InChI is InChI=1S/C17H16O3/c1-19-16-9-13-12(11-6-4-3-5-7-11)8-15(18)14(13)10-17(16)20-2/h3-7,9-10,12H,8H2,1-2H3/t12-/m0/s1. The Bertz CT molecular complexity index is 647. The molecule has 3 heteroatoms. The van der Waals surface area contributed by atoms with E-state index in [2.05, 4.69) is 12.1 Å². The third-order valence-electron chi connectivity index (χ3n) is 3.82. The molecule has 0 saturated carbocycles. The van der Waals surface area contributed by atoms with Gasteiger partial charge < -0.3 is 9.47 Å². The summed E-state index contributed by atoms with van der Waals surface area (Å²) in [6.07, 6.45) is 0.510. The van der Waals surface area contributed by atoms with E-state index in [1.165, 1.54) is 0 Å². The molecular formula is C17H16O3. The molecule has 0 bridgehead atoms. The van der Waals surface area contributed by atoms with Crippen molar-refractivity contribution in [1.29, 1.82) is 0 Å². The van der Waals surface area contributed by atoms with Gasteiger partial charge in [-0.25, -0.2) is 0 Å². The zero-order chi connectivity index (χ0) is 14.1. The number of Topliss-reactive ketones (excluding diaryl/α,β-unsaturated/α-hetero) is 1. The molecule has 3 rings (SSSR count). The number of ether oxygens (including phenoxy) is 2. The van der Waals surface area contributed by atoms with Gasteiger partial charge in [0.25, 0.3) is 0 Å². The number of hydrogen-bond donors (Lipinski definition) is 0. The van der Waals surface area contributed by atoms with Gasteiger partial charge in [-0.3, -0.25) is 4.79 Å². The maximum atomic E-state index is 12.2. The average Bonchev–Trinajstić information content (AvgIpc) is 2.83. The molecule has 2 aromatic carbocycles. The van der Waals surface area contributed by atoms with E-state index in [0.717, 1.165) is 16.7 Å². The van der Waals surface area contributed by atoms with Crippen molar-refractivity contribution in [3.05, 3.63) is 59.2 Å². The maximum absolute atomic E-state index is 12.2. The number of methoxy groups -OCH3 is 2. The van der Waals surface area contributed by atoms with Crippen molar-refractivity contribution >= 4 is 5.78 Å². The fourth-order valence-electron chi connectivity index (χ4n) is 2.81. The van der Waals surface area contributed by atoms with E-state index >= 15 is 0 Å². The smallest absolute Gasteiger partial charge is 0.164 e. The quantitative estimate of drug-likeness (QED) is 0.855. The molecule has 20 heavy (non-hydrogen) atoms. The van der Waals surface area contributed by atoms with Crippen LogP contribution in [-0.2, 0) is 0 Å². The molecule has 102 valence electrons. The van der Waals surface area contributed by atoms with Crippen LogP contribution in [0.4, 0.5) is 0 Å². The van der Waals surface area contributed by atoms with E-state index in [1.54, 1.807) is 20.3 Å². The normalized spacial score (nSPS) is 16.9. The zero-order valence-electron chi connectivity index (χ0n) is 11.6.